The molecule has 2 amide bonds. The van der Waals surface area contributed by atoms with Crippen LogP contribution < -0.4 is 9.47 Å². The Balaban J connectivity index is 1.70. The summed E-state index contributed by atoms with van der Waals surface area (Å²) in [5.74, 6) is 1.17. The SMILES string of the molecule is COc1ccc([C@H]2C(=O)N(C3CCC(C)CC3)CC(=O)N2Cc2ccc(F)cc2)cc1OC. The molecule has 2 fully saturated rings. The number of carbonyl (C=O) groups excluding carboxylic acids is 2. The molecule has 1 heterocycles. The van der Waals surface area contributed by atoms with Gasteiger partial charge < -0.3 is 19.3 Å². The van der Waals surface area contributed by atoms with Crippen LogP contribution in [0.25, 0.3) is 0 Å². The number of methoxy groups -OCH3 is 2. The predicted molar refractivity (Wildman–Crippen MR) is 122 cm³/mol. The topological polar surface area (TPSA) is 59.1 Å². The van der Waals surface area contributed by atoms with Crippen LogP contribution in [0.3, 0.4) is 0 Å². The molecule has 0 radical (unpaired) electrons. The molecule has 1 saturated carbocycles. The van der Waals surface area contributed by atoms with Crippen molar-refractivity contribution in [2.45, 2.75) is 51.2 Å². The van der Waals surface area contributed by atoms with Gasteiger partial charge in [0.15, 0.2) is 11.5 Å². The number of hydrogen-bond donors (Lipinski definition) is 0. The Morgan fingerprint density at radius 3 is 2.24 bits per heavy atom. The number of carbonyl (C=O) groups is 2. The maximum atomic E-state index is 13.9. The van der Waals surface area contributed by atoms with E-state index in [0.29, 0.717) is 23.0 Å². The van der Waals surface area contributed by atoms with Crippen LogP contribution in [0.4, 0.5) is 4.39 Å². The summed E-state index contributed by atoms with van der Waals surface area (Å²) in [4.78, 5) is 30.6. The Kier molecular flexibility index (Phi) is 6.86. The van der Waals surface area contributed by atoms with Crippen LogP contribution in [-0.4, -0.2) is 48.4 Å². The minimum atomic E-state index is -0.782. The van der Waals surface area contributed by atoms with E-state index in [1.807, 2.05) is 0 Å². The van der Waals surface area contributed by atoms with Gasteiger partial charge in [0, 0.05) is 12.6 Å². The molecule has 1 aliphatic heterocycles. The molecule has 1 saturated heterocycles. The highest BCUT2D eigenvalue weighted by Gasteiger charge is 2.43. The molecule has 33 heavy (non-hydrogen) atoms. The fourth-order valence-electron chi connectivity index (χ4n) is 4.92. The molecule has 7 heteroatoms. The molecule has 0 aromatic heterocycles. The number of nitrogens with zero attached hydrogens (tertiary/aromatic N) is 2. The van der Waals surface area contributed by atoms with Crippen molar-refractivity contribution < 1.29 is 23.5 Å². The summed E-state index contributed by atoms with van der Waals surface area (Å²) in [5.41, 5.74) is 1.44. The largest absolute Gasteiger partial charge is 0.493 e. The molecule has 2 aromatic carbocycles. The molecule has 4 rings (SSSR count). The summed E-state index contributed by atoms with van der Waals surface area (Å²) in [6, 6.07) is 10.6. The first kappa shape index (κ1) is 23.1. The first-order valence-corrected chi connectivity index (χ1v) is 11.5. The lowest BCUT2D eigenvalue weighted by Crippen LogP contribution is -2.58. The summed E-state index contributed by atoms with van der Waals surface area (Å²) in [6.07, 6.45) is 3.94. The fourth-order valence-corrected chi connectivity index (χ4v) is 4.92. The van der Waals surface area contributed by atoms with Crippen LogP contribution in [0.15, 0.2) is 42.5 Å². The van der Waals surface area contributed by atoms with Gasteiger partial charge in [0.05, 0.1) is 14.2 Å². The first-order chi connectivity index (χ1) is 15.9. The molecule has 6 nitrogen and oxygen atoms in total. The summed E-state index contributed by atoms with van der Waals surface area (Å²) in [7, 11) is 3.10. The number of rotatable bonds is 6. The monoisotopic (exact) mass is 454 g/mol. The fraction of sp³-hybridized carbons (Fsp3) is 0.462. The molecule has 0 spiro atoms. The van der Waals surface area contributed by atoms with E-state index in [4.69, 9.17) is 9.47 Å². The molecular formula is C26H31FN2O4. The molecule has 1 atom stereocenters. The zero-order valence-electron chi connectivity index (χ0n) is 19.4. The van der Waals surface area contributed by atoms with Gasteiger partial charge in [0.2, 0.25) is 5.91 Å². The first-order valence-electron chi connectivity index (χ1n) is 11.5. The highest BCUT2D eigenvalue weighted by Crippen LogP contribution is 2.37. The Bertz CT molecular complexity index is 1000. The van der Waals surface area contributed by atoms with Crippen molar-refractivity contribution in [3.05, 3.63) is 59.4 Å². The Labute approximate surface area is 194 Å². The van der Waals surface area contributed by atoms with Gasteiger partial charge in [-0.2, -0.15) is 0 Å². The highest BCUT2D eigenvalue weighted by atomic mass is 19.1. The van der Waals surface area contributed by atoms with Crippen molar-refractivity contribution in [3.63, 3.8) is 0 Å². The smallest absolute Gasteiger partial charge is 0.250 e. The number of halogens is 1. The number of benzene rings is 2. The molecular weight excluding hydrogens is 423 g/mol. The number of amides is 2. The van der Waals surface area contributed by atoms with E-state index in [-0.39, 0.29) is 36.8 Å². The third kappa shape index (κ3) is 4.82. The summed E-state index contributed by atoms with van der Waals surface area (Å²) in [6.45, 7) is 2.53. The molecule has 1 aliphatic carbocycles. The van der Waals surface area contributed by atoms with Gasteiger partial charge >= 0.3 is 0 Å². The minimum absolute atomic E-state index is 0.0723. The van der Waals surface area contributed by atoms with Crippen molar-refractivity contribution >= 4 is 11.8 Å². The van der Waals surface area contributed by atoms with E-state index in [1.54, 1.807) is 54.4 Å². The predicted octanol–water partition coefficient (Wildman–Crippen LogP) is 4.33. The molecule has 0 unspecified atom stereocenters. The summed E-state index contributed by atoms with van der Waals surface area (Å²) < 4.78 is 24.2. The van der Waals surface area contributed by atoms with Crippen molar-refractivity contribution in [2.75, 3.05) is 20.8 Å². The standard InChI is InChI=1S/C26H31FN2O4/c1-17-4-11-21(12-5-17)28-16-24(30)29(15-18-6-9-20(27)10-7-18)25(26(28)31)19-8-13-22(32-2)23(14-19)33-3/h6-10,13-14,17,21,25H,4-5,11-12,15-16H2,1-3H3/t17?,21?,25-/m0/s1. The van der Waals surface area contributed by atoms with Crippen LogP contribution in [0, 0.1) is 11.7 Å². The molecule has 0 bridgehead atoms. The second kappa shape index (κ2) is 9.81. The van der Waals surface area contributed by atoms with Crippen LogP contribution in [0.1, 0.15) is 49.8 Å². The molecule has 0 N–H and O–H groups in total. The number of piperazine rings is 1. The van der Waals surface area contributed by atoms with E-state index in [2.05, 4.69) is 6.92 Å². The molecule has 2 aliphatic rings. The second-order valence-electron chi connectivity index (χ2n) is 9.04. The Morgan fingerprint density at radius 1 is 0.939 bits per heavy atom. The average Bonchev–Trinajstić information content (AvgIpc) is 2.83. The van der Waals surface area contributed by atoms with Crippen LogP contribution in [0.2, 0.25) is 0 Å². The van der Waals surface area contributed by atoms with Gasteiger partial charge in [-0.15, -0.1) is 0 Å². The normalized spacial score (nSPS) is 23.6. The van der Waals surface area contributed by atoms with Crippen LogP contribution in [0.5, 0.6) is 11.5 Å². The third-order valence-corrected chi connectivity index (χ3v) is 6.87. The van der Waals surface area contributed by atoms with Crippen LogP contribution in [-0.2, 0) is 16.1 Å². The van der Waals surface area contributed by atoms with Gasteiger partial charge in [-0.3, -0.25) is 9.59 Å². The number of hydrogen-bond acceptors (Lipinski definition) is 4. The second-order valence-corrected chi connectivity index (χ2v) is 9.04. The van der Waals surface area contributed by atoms with Gasteiger partial charge in [-0.1, -0.05) is 25.1 Å². The van der Waals surface area contributed by atoms with Gasteiger partial charge in [0.1, 0.15) is 18.4 Å². The van der Waals surface area contributed by atoms with E-state index in [9.17, 15) is 14.0 Å². The maximum Gasteiger partial charge on any atom is 0.250 e. The zero-order valence-corrected chi connectivity index (χ0v) is 19.4. The molecule has 2 aromatic rings. The minimum Gasteiger partial charge on any atom is -0.493 e. The number of ether oxygens (including phenoxy) is 2. The van der Waals surface area contributed by atoms with E-state index in [1.165, 1.54) is 12.1 Å². The zero-order chi connectivity index (χ0) is 23.5. The highest BCUT2D eigenvalue weighted by molar-refractivity contribution is 5.96. The average molecular weight is 455 g/mol. The molecule has 176 valence electrons. The van der Waals surface area contributed by atoms with Gasteiger partial charge in [-0.05, 0) is 67.0 Å². The van der Waals surface area contributed by atoms with Crippen molar-refractivity contribution in [3.8, 4) is 11.5 Å². The van der Waals surface area contributed by atoms with E-state index < -0.39 is 6.04 Å². The van der Waals surface area contributed by atoms with Crippen molar-refractivity contribution in [2.24, 2.45) is 5.92 Å². The maximum absolute atomic E-state index is 13.9. The van der Waals surface area contributed by atoms with Crippen molar-refractivity contribution in [1.29, 1.82) is 0 Å². The summed E-state index contributed by atoms with van der Waals surface area (Å²) in [5, 5.41) is 0. The Hall–Kier alpha value is -3.09. The Morgan fingerprint density at radius 2 is 1.61 bits per heavy atom. The van der Waals surface area contributed by atoms with E-state index in [0.717, 1.165) is 31.2 Å². The summed E-state index contributed by atoms with van der Waals surface area (Å²) >= 11 is 0. The van der Waals surface area contributed by atoms with Crippen molar-refractivity contribution in [1.82, 2.24) is 9.80 Å². The van der Waals surface area contributed by atoms with E-state index >= 15 is 0 Å². The quantitative estimate of drug-likeness (QED) is 0.652. The lowest BCUT2D eigenvalue weighted by molar-refractivity contribution is -0.160. The van der Waals surface area contributed by atoms with Gasteiger partial charge in [-0.25, -0.2) is 4.39 Å². The van der Waals surface area contributed by atoms with Crippen LogP contribution >= 0.6 is 0 Å². The lowest BCUT2D eigenvalue weighted by Gasteiger charge is -2.45. The van der Waals surface area contributed by atoms with Gasteiger partial charge in [0.25, 0.3) is 5.91 Å². The lowest BCUT2D eigenvalue weighted by atomic mass is 9.85. The third-order valence-electron chi connectivity index (χ3n) is 6.87.